The lowest BCUT2D eigenvalue weighted by molar-refractivity contribution is -0.146. The summed E-state index contributed by atoms with van der Waals surface area (Å²) in [7, 11) is 0. The van der Waals surface area contributed by atoms with Gasteiger partial charge >= 0.3 is 35.8 Å². The number of rotatable bonds is 3. The van der Waals surface area contributed by atoms with Gasteiger partial charge in [0.15, 0.2) is 0 Å². The second-order valence-electron chi connectivity index (χ2n) is 14.8. The maximum Gasteiger partial charge on any atom is 0.339 e. The lowest BCUT2D eigenvalue weighted by atomic mass is 9.75. The number of aromatic nitrogens is 3. The molecule has 3 saturated carbocycles. The van der Waals surface area contributed by atoms with Crippen molar-refractivity contribution < 1.29 is 58.3 Å². The number of esters is 3. The van der Waals surface area contributed by atoms with Crippen molar-refractivity contribution in [2.24, 2.45) is 17.8 Å². The first-order valence-electron chi connectivity index (χ1n) is 18.1. The number of carbonyl (C=O) groups is 6. The van der Waals surface area contributed by atoms with Crippen LogP contribution in [0, 0.1) is 17.8 Å². The van der Waals surface area contributed by atoms with Gasteiger partial charge in [-0.25, -0.2) is 14.4 Å². The van der Waals surface area contributed by atoms with Crippen LogP contribution in [0.15, 0.2) is 55.4 Å². The van der Waals surface area contributed by atoms with Crippen LogP contribution in [-0.4, -0.2) is 66.1 Å². The SMILES string of the molecule is Cl.O=C1OC2(CCC(C(=O)O)CC2)c2cnccc21.O=C1OC2(CCC(C(=O)O)CC2)c2cnccc21.O=C1OC2(CCC(C(=O)O)CC2)c2cnccc21. The molecule has 0 amide bonds. The van der Waals surface area contributed by atoms with Crippen LogP contribution in [0.3, 0.4) is 0 Å². The molecule has 3 aromatic heterocycles. The van der Waals surface area contributed by atoms with Crippen molar-refractivity contribution in [3.63, 3.8) is 0 Å². The van der Waals surface area contributed by atoms with Crippen molar-refractivity contribution in [1.82, 2.24) is 15.0 Å². The summed E-state index contributed by atoms with van der Waals surface area (Å²) in [5.74, 6) is -4.22. The quantitative estimate of drug-likeness (QED) is 0.217. The fourth-order valence-electron chi connectivity index (χ4n) is 8.78. The summed E-state index contributed by atoms with van der Waals surface area (Å²) in [5, 5.41) is 27.0. The lowest BCUT2D eigenvalue weighted by Crippen LogP contribution is -2.34. The zero-order valence-electron chi connectivity index (χ0n) is 29.7. The Balaban J connectivity index is 0.000000139. The first kappa shape index (κ1) is 39.3. The topological polar surface area (TPSA) is 229 Å². The monoisotopic (exact) mass is 777 g/mol. The van der Waals surface area contributed by atoms with Crippen molar-refractivity contribution in [2.75, 3.05) is 0 Å². The summed E-state index contributed by atoms with van der Waals surface area (Å²) in [6, 6.07) is 4.99. The Hall–Kier alpha value is -5.44. The average molecular weight is 778 g/mol. The predicted octanol–water partition coefficient (Wildman–Crippen LogP) is 5.59. The molecule has 3 aliphatic carbocycles. The Morgan fingerprint density at radius 2 is 0.727 bits per heavy atom. The first-order chi connectivity index (χ1) is 25.9. The highest BCUT2D eigenvalue weighted by Gasteiger charge is 2.51. The fraction of sp³-hybridized carbons (Fsp3) is 0.462. The van der Waals surface area contributed by atoms with Gasteiger partial charge in [0.05, 0.1) is 34.4 Å². The third-order valence-corrected chi connectivity index (χ3v) is 11.9. The largest absolute Gasteiger partial charge is 0.481 e. The van der Waals surface area contributed by atoms with E-state index in [1.54, 1.807) is 55.4 Å². The van der Waals surface area contributed by atoms with E-state index in [-0.39, 0.29) is 48.1 Å². The number of carbonyl (C=O) groups excluding carboxylic acids is 3. The number of aliphatic carboxylic acids is 3. The molecule has 3 N–H and O–H groups in total. The molecule has 0 unspecified atom stereocenters. The molecule has 6 aliphatic rings. The van der Waals surface area contributed by atoms with Gasteiger partial charge in [-0.15, -0.1) is 12.4 Å². The third kappa shape index (κ3) is 7.24. The van der Waals surface area contributed by atoms with E-state index >= 15 is 0 Å². The molecule has 3 aliphatic heterocycles. The Morgan fingerprint density at radius 3 is 0.945 bits per heavy atom. The number of ether oxygens (including phenoxy) is 3. The second-order valence-corrected chi connectivity index (χ2v) is 14.8. The Morgan fingerprint density at radius 1 is 0.491 bits per heavy atom. The number of carboxylic acids is 3. The number of halogens is 1. The van der Waals surface area contributed by atoms with E-state index in [9.17, 15) is 28.8 Å². The summed E-state index contributed by atoms with van der Waals surface area (Å²) in [5.41, 5.74) is 2.26. The smallest absolute Gasteiger partial charge is 0.339 e. The molecule has 9 rings (SSSR count). The van der Waals surface area contributed by atoms with E-state index in [0.717, 1.165) is 16.7 Å². The molecule has 55 heavy (non-hydrogen) atoms. The second kappa shape index (κ2) is 15.4. The van der Waals surface area contributed by atoms with Gasteiger partial charge in [0.25, 0.3) is 0 Å². The summed E-state index contributed by atoms with van der Waals surface area (Å²) in [4.78, 5) is 80.3. The zero-order chi connectivity index (χ0) is 38.3. The standard InChI is InChI=1S/3C13H13NO4.ClH/c3*15-11(16)8-1-4-13(5-2-8)10-7-14-6-3-9(10)12(17)18-13;/h3*3,6-8H,1-2,4-5H2,(H,15,16);1H. The van der Waals surface area contributed by atoms with Crippen molar-refractivity contribution >= 4 is 48.2 Å². The molecular weight excluding hydrogens is 738 g/mol. The first-order valence-corrected chi connectivity index (χ1v) is 18.1. The maximum absolute atomic E-state index is 11.8. The van der Waals surface area contributed by atoms with Crippen LogP contribution in [0.2, 0.25) is 0 Å². The van der Waals surface area contributed by atoms with E-state index in [4.69, 9.17) is 29.5 Å². The van der Waals surface area contributed by atoms with Gasteiger partial charge < -0.3 is 29.5 Å². The van der Waals surface area contributed by atoms with Crippen molar-refractivity contribution in [3.8, 4) is 0 Å². The van der Waals surface area contributed by atoms with Crippen LogP contribution in [0.5, 0.6) is 0 Å². The average Bonchev–Trinajstić information content (AvgIpc) is 3.72. The number of hydrogen-bond donors (Lipinski definition) is 3. The molecular formula is C39H40ClN3O12. The maximum atomic E-state index is 11.8. The highest BCUT2D eigenvalue weighted by atomic mass is 35.5. The van der Waals surface area contributed by atoms with Gasteiger partial charge in [0, 0.05) is 53.9 Å². The van der Waals surface area contributed by atoms with E-state index < -0.39 is 34.7 Å². The van der Waals surface area contributed by atoms with E-state index in [1.807, 2.05) is 0 Å². The normalized spacial score (nSPS) is 29.5. The molecule has 0 aromatic carbocycles. The van der Waals surface area contributed by atoms with Gasteiger partial charge in [0.2, 0.25) is 0 Å². The Kier molecular flexibility index (Phi) is 11.0. The summed E-state index contributed by atoms with van der Waals surface area (Å²) >= 11 is 0. The van der Waals surface area contributed by atoms with Gasteiger partial charge in [0.1, 0.15) is 16.8 Å². The summed E-state index contributed by atoms with van der Waals surface area (Å²) in [6.45, 7) is 0. The van der Waals surface area contributed by atoms with E-state index in [0.29, 0.717) is 93.7 Å². The van der Waals surface area contributed by atoms with E-state index in [1.165, 1.54) is 0 Å². The van der Waals surface area contributed by atoms with Gasteiger partial charge in [-0.1, -0.05) is 0 Å². The van der Waals surface area contributed by atoms with Crippen LogP contribution in [0.1, 0.15) is 125 Å². The lowest BCUT2D eigenvalue weighted by Gasteiger charge is -2.34. The Labute approximate surface area is 321 Å². The number of carboxylic acid groups (broad SMARTS) is 3. The molecule has 0 radical (unpaired) electrons. The fourth-order valence-corrected chi connectivity index (χ4v) is 8.78. The van der Waals surface area contributed by atoms with Crippen molar-refractivity contribution in [3.05, 3.63) is 88.8 Å². The number of nitrogens with zero attached hydrogens (tertiary/aromatic N) is 3. The molecule has 0 bridgehead atoms. The van der Waals surface area contributed by atoms with Crippen LogP contribution < -0.4 is 0 Å². The predicted molar refractivity (Wildman–Crippen MR) is 190 cm³/mol. The molecule has 0 saturated heterocycles. The summed E-state index contributed by atoms with van der Waals surface area (Å²) < 4.78 is 16.5. The highest BCUT2D eigenvalue weighted by Crippen LogP contribution is 2.50. The molecule has 6 heterocycles. The van der Waals surface area contributed by atoms with Crippen LogP contribution >= 0.6 is 12.4 Å². The minimum atomic E-state index is -0.763. The van der Waals surface area contributed by atoms with Crippen LogP contribution in [0.4, 0.5) is 0 Å². The Bertz CT molecular complexity index is 1790. The molecule has 3 spiro atoms. The summed E-state index contributed by atoms with van der Waals surface area (Å²) in [6.07, 6.45) is 16.3. The third-order valence-electron chi connectivity index (χ3n) is 11.9. The molecule has 290 valence electrons. The molecule has 0 atom stereocenters. The minimum absolute atomic E-state index is 0. The molecule has 15 nitrogen and oxygen atoms in total. The van der Waals surface area contributed by atoms with Crippen LogP contribution in [0.25, 0.3) is 0 Å². The number of hydrogen-bond acceptors (Lipinski definition) is 12. The van der Waals surface area contributed by atoms with Crippen molar-refractivity contribution in [2.45, 2.75) is 93.9 Å². The molecule has 3 fully saturated rings. The number of fused-ring (bicyclic) bond motifs is 6. The molecule has 16 heteroatoms. The van der Waals surface area contributed by atoms with Gasteiger partial charge in [-0.3, -0.25) is 29.3 Å². The van der Waals surface area contributed by atoms with E-state index in [2.05, 4.69) is 15.0 Å². The highest BCUT2D eigenvalue weighted by molar-refractivity contribution is 5.96. The van der Waals surface area contributed by atoms with Crippen LogP contribution in [-0.2, 0) is 45.4 Å². The van der Waals surface area contributed by atoms with Crippen molar-refractivity contribution in [1.29, 1.82) is 0 Å². The minimum Gasteiger partial charge on any atom is -0.481 e. The van der Waals surface area contributed by atoms with Gasteiger partial charge in [-0.2, -0.15) is 0 Å². The number of pyridine rings is 3. The van der Waals surface area contributed by atoms with Gasteiger partial charge in [-0.05, 0) is 95.2 Å². The zero-order valence-corrected chi connectivity index (χ0v) is 30.5. The molecule has 3 aromatic rings.